The highest BCUT2D eigenvalue weighted by Gasteiger charge is 2.37. The highest BCUT2D eigenvalue weighted by Crippen LogP contribution is 2.24. The van der Waals surface area contributed by atoms with Crippen LogP contribution in [0.2, 0.25) is 0 Å². The topological polar surface area (TPSA) is 100 Å². The van der Waals surface area contributed by atoms with E-state index in [2.05, 4.69) is 10.6 Å². The van der Waals surface area contributed by atoms with E-state index in [0.29, 0.717) is 6.42 Å². The molecule has 2 aliphatic rings. The number of alkyl carbamates (subject to hydrolysis) is 1. The number of carbonyl (C=O) groups is 2. The second kappa shape index (κ2) is 6.13. The van der Waals surface area contributed by atoms with Gasteiger partial charge in [0, 0.05) is 12.6 Å². The minimum atomic E-state index is -0.651. The van der Waals surface area contributed by atoms with E-state index in [4.69, 9.17) is 9.47 Å². The predicted molar refractivity (Wildman–Crippen MR) is 77.6 cm³/mol. The number of carbonyl (C=O) groups excluding carboxylic acids is 2. The Kier molecular flexibility index (Phi) is 4.62. The minimum absolute atomic E-state index is 0.316. The van der Waals surface area contributed by atoms with Crippen molar-refractivity contribution in [2.75, 3.05) is 0 Å². The number of ether oxygens (including phenoxy) is 2. The van der Waals surface area contributed by atoms with Crippen LogP contribution in [0.4, 0.5) is 9.59 Å². The van der Waals surface area contributed by atoms with Crippen molar-refractivity contribution in [1.29, 1.82) is 0 Å². The second-order valence-corrected chi connectivity index (χ2v) is 6.42. The standard InChI is InChI=1S/C14H23N3O5/c1-8-9(18)7-11(21-8)17-6-5-10(15-12(17)19)16-13(20)22-14(2,3)4/h5-6,8-11,18H,7H2,1-4H3,(H,15,19)(H,16,20)/t8-,9+,10?,11-/m1/s1. The van der Waals surface area contributed by atoms with Gasteiger partial charge >= 0.3 is 12.1 Å². The monoisotopic (exact) mass is 313 g/mol. The molecule has 0 aromatic heterocycles. The molecule has 3 amide bonds. The smallest absolute Gasteiger partial charge is 0.409 e. The largest absolute Gasteiger partial charge is 0.444 e. The zero-order valence-corrected chi connectivity index (χ0v) is 13.2. The van der Waals surface area contributed by atoms with Crippen LogP contribution in [0.1, 0.15) is 34.1 Å². The number of rotatable bonds is 2. The molecule has 0 spiro atoms. The molecule has 2 rings (SSSR count). The van der Waals surface area contributed by atoms with Crippen molar-refractivity contribution in [2.45, 2.75) is 64.3 Å². The molecule has 8 nitrogen and oxygen atoms in total. The summed E-state index contributed by atoms with van der Waals surface area (Å²) in [5, 5.41) is 14.8. The molecular weight excluding hydrogens is 290 g/mol. The van der Waals surface area contributed by atoms with E-state index in [1.165, 1.54) is 11.1 Å². The Bertz CT molecular complexity index is 464. The van der Waals surface area contributed by atoms with Crippen LogP contribution in [0, 0.1) is 0 Å². The molecule has 8 heteroatoms. The highest BCUT2D eigenvalue weighted by atomic mass is 16.6. The third kappa shape index (κ3) is 4.11. The Morgan fingerprint density at radius 1 is 1.55 bits per heavy atom. The number of amides is 3. The normalized spacial score (nSPS) is 31.9. The Labute approximate surface area is 129 Å². The number of nitrogens with one attached hydrogen (secondary N) is 2. The van der Waals surface area contributed by atoms with Gasteiger partial charge in [-0.3, -0.25) is 10.2 Å². The van der Waals surface area contributed by atoms with Crippen molar-refractivity contribution in [3.8, 4) is 0 Å². The van der Waals surface area contributed by atoms with Crippen LogP contribution in [0.5, 0.6) is 0 Å². The van der Waals surface area contributed by atoms with E-state index in [0.717, 1.165) is 0 Å². The summed E-state index contributed by atoms with van der Waals surface area (Å²) < 4.78 is 10.6. The van der Waals surface area contributed by atoms with Crippen molar-refractivity contribution in [1.82, 2.24) is 15.5 Å². The molecule has 4 atom stereocenters. The molecule has 124 valence electrons. The first-order valence-corrected chi connectivity index (χ1v) is 7.26. The zero-order chi connectivity index (χ0) is 16.5. The lowest BCUT2D eigenvalue weighted by Gasteiger charge is -2.31. The minimum Gasteiger partial charge on any atom is -0.444 e. The van der Waals surface area contributed by atoms with Crippen LogP contribution < -0.4 is 10.6 Å². The Morgan fingerprint density at radius 3 is 2.73 bits per heavy atom. The van der Waals surface area contributed by atoms with Crippen molar-refractivity contribution in [3.05, 3.63) is 12.3 Å². The summed E-state index contributed by atoms with van der Waals surface area (Å²) in [5.74, 6) is 0. The summed E-state index contributed by atoms with van der Waals surface area (Å²) in [7, 11) is 0. The van der Waals surface area contributed by atoms with Gasteiger partial charge in [0.2, 0.25) is 0 Å². The van der Waals surface area contributed by atoms with Crippen molar-refractivity contribution >= 4 is 12.1 Å². The van der Waals surface area contributed by atoms with E-state index < -0.39 is 36.2 Å². The maximum absolute atomic E-state index is 12.1. The van der Waals surface area contributed by atoms with Crippen LogP contribution in [0.3, 0.4) is 0 Å². The number of hydrogen-bond acceptors (Lipinski definition) is 5. The quantitative estimate of drug-likeness (QED) is 0.702. The van der Waals surface area contributed by atoms with Crippen LogP contribution >= 0.6 is 0 Å². The van der Waals surface area contributed by atoms with E-state index in [1.54, 1.807) is 33.8 Å². The van der Waals surface area contributed by atoms with Gasteiger partial charge < -0.3 is 19.9 Å². The Morgan fingerprint density at radius 2 is 2.23 bits per heavy atom. The average Bonchev–Trinajstić information content (AvgIpc) is 2.66. The van der Waals surface area contributed by atoms with Gasteiger partial charge in [-0.05, 0) is 33.8 Å². The maximum Gasteiger partial charge on any atom is 0.409 e. The Hall–Kier alpha value is -1.80. The van der Waals surface area contributed by atoms with Gasteiger partial charge in [-0.2, -0.15) is 0 Å². The SMILES string of the molecule is C[C@H]1O[C@@H](N2C=CC(NC(=O)OC(C)(C)C)NC2=O)C[C@@H]1O. The Balaban J connectivity index is 1.91. The molecule has 0 aromatic carbocycles. The molecule has 0 aromatic rings. The van der Waals surface area contributed by atoms with E-state index in [-0.39, 0.29) is 6.10 Å². The van der Waals surface area contributed by atoms with Crippen LogP contribution in [0.25, 0.3) is 0 Å². The maximum atomic E-state index is 12.1. The first-order valence-electron chi connectivity index (χ1n) is 7.26. The first-order chi connectivity index (χ1) is 10.2. The molecule has 3 N–H and O–H groups in total. The van der Waals surface area contributed by atoms with Crippen molar-refractivity contribution in [3.63, 3.8) is 0 Å². The number of urea groups is 1. The number of nitrogens with zero attached hydrogens (tertiary/aromatic N) is 1. The predicted octanol–water partition coefficient (Wildman–Crippen LogP) is 0.872. The average molecular weight is 313 g/mol. The van der Waals surface area contributed by atoms with Crippen molar-refractivity contribution < 1.29 is 24.2 Å². The molecule has 0 bridgehead atoms. The van der Waals surface area contributed by atoms with Gasteiger partial charge in [0.1, 0.15) is 18.0 Å². The van der Waals surface area contributed by atoms with Gasteiger partial charge in [-0.15, -0.1) is 0 Å². The van der Waals surface area contributed by atoms with Gasteiger partial charge in [-0.25, -0.2) is 9.59 Å². The van der Waals surface area contributed by atoms with Gasteiger partial charge in [0.15, 0.2) is 0 Å². The molecule has 2 aliphatic heterocycles. The van der Waals surface area contributed by atoms with Crippen molar-refractivity contribution in [2.24, 2.45) is 0 Å². The lowest BCUT2D eigenvalue weighted by atomic mass is 10.2. The third-order valence-corrected chi connectivity index (χ3v) is 3.29. The second-order valence-electron chi connectivity index (χ2n) is 6.42. The number of aliphatic hydroxyl groups excluding tert-OH is 1. The lowest BCUT2D eigenvalue weighted by Crippen LogP contribution is -2.55. The van der Waals surface area contributed by atoms with Crippen LogP contribution in [-0.4, -0.2) is 52.3 Å². The fourth-order valence-electron chi connectivity index (χ4n) is 2.22. The van der Waals surface area contributed by atoms with Crippen LogP contribution in [-0.2, 0) is 9.47 Å². The summed E-state index contributed by atoms with van der Waals surface area (Å²) in [4.78, 5) is 25.1. The molecule has 2 heterocycles. The van der Waals surface area contributed by atoms with Gasteiger partial charge in [0.05, 0.1) is 12.2 Å². The first kappa shape index (κ1) is 16.6. The number of aliphatic hydroxyl groups is 1. The lowest BCUT2D eigenvalue weighted by molar-refractivity contribution is -0.0238. The van der Waals surface area contributed by atoms with Gasteiger partial charge in [-0.1, -0.05) is 0 Å². The third-order valence-electron chi connectivity index (χ3n) is 3.29. The zero-order valence-electron chi connectivity index (χ0n) is 13.2. The van der Waals surface area contributed by atoms with Crippen LogP contribution in [0.15, 0.2) is 12.3 Å². The summed E-state index contributed by atoms with van der Waals surface area (Å²) in [6.07, 6.45) is 0.819. The van der Waals surface area contributed by atoms with E-state index in [9.17, 15) is 14.7 Å². The molecule has 0 radical (unpaired) electrons. The summed E-state index contributed by atoms with van der Waals surface area (Å²) in [5.41, 5.74) is -0.609. The molecule has 0 aliphatic carbocycles. The van der Waals surface area contributed by atoms with E-state index >= 15 is 0 Å². The highest BCUT2D eigenvalue weighted by molar-refractivity contribution is 5.78. The molecule has 1 fully saturated rings. The number of hydrogen-bond donors (Lipinski definition) is 3. The summed E-state index contributed by atoms with van der Waals surface area (Å²) in [6.45, 7) is 7.03. The molecule has 1 saturated heterocycles. The molecule has 1 unspecified atom stereocenters. The molecule has 22 heavy (non-hydrogen) atoms. The van der Waals surface area contributed by atoms with Gasteiger partial charge in [0.25, 0.3) is 0 Å². The fraction of sp³-hybridized carbons (Fsp3) is 0.714. The summed E-state index contributed by atoms with van der Waals surface area (Å²) in [6, 6.07) is -0.408. The molecular formula is C14H23N3O5. The van der Waals surface area contributed by atoms with E-state index in [1.807, 2.05) is 0 Å². The molecule has 0 saturated carbocycles. The summed E-state index contributed by atoms with van der Waals surface area (Å²) >= 11 is 0. The fourth-order valence-corrected chi connectivity index (χ4v) is 2.22.